The van der Waals surface area contributed by atoms with Crippen LogP contribution in [0.4, 0.5) is 0 Å². The molecule has 0 spiro atoms. The summed E-state index contributed by atoms with van der Waals surface area (Å²) in [6.45, 7) is 3.06. The van der Waals surface area contributed by atoms with Gasteiger partial charge in [-0.05, 0) is 5.92 Å². The van der Waals surface area contributed by atoms with E-state index in [9.17, 15) is 24.0 Å². The number of aliphatic carboxylic acids is 1. The van der Waals surface area contributed by atoms with Crippen LogP contribution in [-0.2, 0) is 24.0 Å². The fourth-order valence-corrected chi connectivity index (χ4v) is 2.31. The van der Waals surface area contributed by atoms with Crippen LogP contribution in [-0.4, -0.2) is 65.1 Å². The number of rotatable bonds is 12. The number of nitrogens with two attached hydrogens (primary N) is 2. The maximum absolute atomic E-state index is 12.5. The van der Waals surface area contributed by atoms with Crippen molar-refractivity contribution >= 4 is 42.2 Å². The van der Waals surface area contributed by atoms with Crippen LogP contribution in [0.2, 0.25) is 0 Å². The summed E-state index contributed by atoms with van der Waals surface area (Å²) in [5.41, 5.74) is 10.3. The average molecular weight is 405 g/mol. The van der Waals surface area contributed by atoms with Crippen LogP contribution >= 0.6 is 12.6 Å². The molecule has 0 aliphatic rings. The molecule has 0 aliphatic carbocycles. The third kappa shape index (κ3) is 8.73. The van der Waals surface area contributed by atoms with E-state index in [1.54, 1.807) is 13.8 Å². The van der Waals surface area contributed by atoms with Crippen molar-refractivity contribution < 1.29 is 29.1 Å². The number of carboxylic acids is 1. The van der Waals surface area contributed by atoms with Gasteiger partial charge in [-0.25, -0.2) is 4.79 Å². The first-order chi connectivity index (χ1) is 12.6. The summed E-state index contributed by atoms with van der Waals surface area (Å²) >= 11 is 3.87. The molecule has 4 atom stereocenters. The van der Waals surface area contributed by atoms with E-state index in [1.807, 2.05) is 0 Å². The van der Waals surface area contributed by atoms with Crippen LogP contribution in [0.1, 0.15) is 26.7 Å². The van der Waals surface area contributed by atoms with Gasteiger partial charge in [0.25, 0.3) is 0 Å². The van der Waals surface area contributed by atoms with Crippen molar-refractivity contribution in [1.82, 2.24) is 16.0 Å². The fraction of sp³-hybridized carbons (Fsp3) is 0.667. The van der Waals surface area contributed by atoms with Crippen molar-refractivity contribution in [2.24, 2.45) is 17.4 Å². The lowest BCUT2D eigenvalue weighted by atomic mass is 9.97. The Bertz CT molecular complexity index is 573. The molecule has 0 aromatic carbocycles. The summed E-state index contributed by atoms with van der Waals surface area (Å²) in [5.74, 6) is -4.81. The van der Waals surface area contributed by atoms with Crippen molar-refractivity contribution in [3.63, 3.8) is 0 Å². The topological polar surface area (TPSA) is 194 Å². The van der Waals surface area contributed by atoms with Crippen molar-refractivity contribution in [1.29, 1.82) is 0 Å². The van der Waals surface area contributed by atoms with Crippen molar-refractivity contribution in [3.8, 4) is 0 Å². The molecule has 0 rings (SSSR count). The largest absolute Gasteiger partial charge is 0.480 e. The molecule has 8 N–H and O–H groups in total. The smallest absolute Gasteiger partial charge is 0.327 e. The summed E-state index contributed by atoms with van der Waals surface area (Å²) in [6, 6.07) is -3.63. The van der Waals surface area contributed by atoms with E-state index < -0.39 is 60.7 Å². The number of carboxylic acid groups (broad SMARTS) is 1. The minimum atomic E-state index is -1.31. The molecule has 12 heteroatoms. The minimum Gasteiger partial charge on any atom is -0.480 e. The number of primary amides is 1. The first kappa shape index (κ1) is 24.7. The van der Waals surface area contributed by atoms with Gasteiger partial charge in [-0.15, -0.1) is 0 Å². The second-order valence-electron chi connectivity index (χ2n) is 5.95. The summed E-state index contributed by atoms with van der Waals surface area (Å²) < 4.78 is 0. The zero-order valence-corrected chi connectivity index (χ0v) is 16.1. The maximum Gasteiger partial charge on any atom is 0.327 e. The SMILES string of the molecule is CCC(C)C(NC(=O)C(CC(N)=O)NC(=O)CN)C(=O)NC(CS)C(=O)O. The van der Waals surface area contributed by atoms with Crippen molar-refractivity contribution in [2.75, 3.05) is 12.3 Å². The highest BCUT2D eigenvalue weighted by Gasteiger charge is 2.32. The Morgan fingerprint density at radius 1 is 1.04 bits per heavy atom. The van der Waals surface area contributed by atoms with E-state index in [0.717, 1.165) is 0 Å². The lowest BCUT2D eigenvalue weighted by Crippen LogP contribution is -2.58. The van der Waals surface area contributed by atoms with Crippen LogP contribution in [0.15, 0.2) is 0 Å². The zero-order chi connectivity index (χ0) is 21.1. The summed E-state index contributed by atoms with van der Waals surface area (Å²) in [6.07, 6.45) is 0.00738. The molecule has 0 radical (unpaired) electrons. The van der Waals surface area contributed by atoms with E-state index in [1.165, 1.54) is 0 Å². The van der Waals surface area contributed by atoms with Crippen molar-refractivity contribution in [3.05, 3.63) is 0 Å². The quantitative estimate of drug-likeness (QED) is 0.172. The van der Waals surface area contributed by atoms with Crippen LogP contribution < -0.4 is 27.4 Å². The Morgan fingerprint density at radius 2 is 1.63 bits per heavy atom. The molecule has 0 saturated carbocycles. The molecule has 0 aromatic heterocycles. The van der Waals surface area contributed by atoms with Gasteiger partial charge in [0, 0.05) is 5.75 Å². The standard InChI is InChI=1S/C15H27N5O6S/c1-3-7(2)12(14(24)19-9(6-27)15(25)26)20-13(23)8(4-10(17)21)18-11(22)5-16/h7-9,12,27H,3-6,16H2,1-2H3,(H2,17,21)(H,18,22)(H,19,24)(H,20,23)(H,25,26). The molecule has 0 saturated heterocycles. The fourth-order valence-electron chi connectivity index (χ4n) is 2.07. The maximum atomic E-state index is 12.5. The van der Waals surface area contributed by atoms with E-state index in [-0.39, 0.29) is 11.7 Å². The third-order valence-corrected chi connectivity index (χ3v) is 4.20. The summed E-state index contributed by atoms with van der Waals surface area (Å²) in [4.78, 5) is 58.6. The van der Waals surface area contributed by atoms with Gasteiger partial charge in [0.1, 0.15) is 18.1 Å². The lowest BCUT2D eigenvalue weighted by Gasteiger charge is -2.27. The predicted molar refractivity (Wildman–Crippen MR) is 99.6 cm³/mol. The monoisotopic (exact) mass is 405 g/mol. The molecule has 27 heavy (non-hydrogen) atoms. The first-order valence-corrected chi connectivity index (χ1v) is 8.92. The molecular weight excluding hydrogens is 378 g/mol. The summed E-state index contributed by atoms with van der Waals surface area (Å²) in [5, 5.41) is 16.0. The number of hydrogen-bond donors (Lipinski definition) is 7. The van der Waals surface area contributed by atoms with E-state index in [4.69, 9.17) is 16.6 Å². The highest BCUT2D eigenvalue weighted by Crippen LogP contribution is 2.09. The molecule has 0 fully saturated rings. The van der Waals surface area contributed by atoms with Crippen molar-refractivity contribution in [2.45, 2.75) is 44.8 Å². The number of amides is 4. The zero-order valence-electron chi connectivity index (χ0n) is 15.2. The lowest BCUT2D eigenvalue weighted by molar-refractivity contribution is -0.142. The average Bonchev–Trinajstić information content (AvgIpc) is 2.61. The molecule has 4 unspecified atom stereocenters. The Morgan fingerprint density at radius 3 is 2.04 bits per heavy atom. The molecule has 0 aliphatic heterocycles. The Balaban J connectivity index is 5.36. The molecule has 0 heterocycles. The molecule has 0 bridgehead atoms. The van der Waals surface area contributed by atoms with E-state index in [0.29, 0.717) is 6.42 Å². The molecule has 11 nitrogen and oxygen atoms in total. The van der Waals surface area contributed by atoms with Gasteiger partial charge in [-0.2, -0.15) is 12.6 Å². The number of hydrogen-bond acceptors (Lipinski definition) is 7. The van der Waals surface area contributed by atoms with Gasteiger partial charge in [-0.1, -0.05) is 20.3 Å². The Labute approximate surface area is 162 Å². The van der Waals surface area contributed by atoms with Gasteiger partial charge in [0.2, 0.25) is 23.6 Å². The van der Waals surface area contributed by atoms with Crippen LogP contribution in [0, 0.1) is 5.92 Å². The Hall–Kier alpha value is -2.34. The Kier molecular flexibility index (Phi) is 11.1. The second kappa shape index (κ2) is 12.1. The predicted octanol–water partition coefficient (Wildman–Crippen LogP) is -2.66. The molecular formula is C15H27N5O6S. The number of carbonyl (C=O) groups is 5. The van der Waals surface area contributed by atoms with Crippen LogP contribution in [0.25, 0.3) is 0 Å². The number of nitrogens with one attached hydrogen (secondary N) is 3. The highest BCUT2D eigenvalue weighted by atomic mass is 32.1. The van der Waals surface area contributed by atoms with E-state index in [2.05, 4.69) is 28.6 Å². The van der Waals surface area contributed by atoms with Gasteiger partial charge < -0.3 is 32.5 Å². The minimum absolute atomic E-state index is 0.140. The number of carbonyl (C=O) groups excluding carboxylic acids is 4. The van der Waals surface area contributed by atoms with Gasteiger partial charge in [0.05, 0.1) is 13.0 Å². The first-order valence-electron chi connectivity index (χ1n) is 8.29. The molecule has 0 aromatic rings. The summed E-state index contributed by atoms with van der Waals surface area (Å²) in [7, 11) is 0. The number of thiol groups is 1. The van der Waals surface area contributed by atoms with Crippen LogP contribution in [0.3, 0.4) is 0 Å². The van der Waals surface area contributed by atoms with Gasteiger partial charge >= 0.3 is 5.97 Å². The van der Waals surface area contributed by atoms with E-state index >= 15 is 0 Å². The van der Waals surface area contributed by atoms with Crippen LogP contribution in [0.5, 0.6) is 0 Å². The highest BCUT2D eigenvalue weighted by molar-refractivity contribution is 7.80. The third-order valence-electron chi connectivity index (χ3n) is 3.83. The van der Waals surface area contributed by atoms with Gasteiger partial charge in [-0.3, -0.25) is 19.2 Å². The molecule has 154 valence electrons. The molecule has 4 amide bonds. The second-order valence-corrected chi connectivity index (χ2v) is 6.31. The normalized spacial score (nSPS) is 15.0. The van der Waals surface area contributed by atoms with Gasteiger partial charge in [0.15, 0.2) is 0 Å².